The Bertz CT molecular complexity index is 826. The summed E-state index contributed by atoms with van der Waals surface area (Å²) in [7, 11) is 0. The van der Waals surface area contributed by atoms with E-state index < -0.39 is 0 Å². The Morgan fingerprint density at radius 2 is 1.88 bits per heavy atom. The number of anilines is 1. The summed E-state index contributed by atoms with van der Waals surface area (Å²) >= 11 is 0. The summed E-state index contributed by atoms with van der Waals surface area (Å²) in [4.78, 5) is 12.4. The summed E-state index contributed by atoms with van der Waals surface area (Å²) in [6, 6.07) is 12.7. The van der Waals surface area contributed by atoms with Crippen LogP contribution >= 0.6 is 0 Å². The van der Waals surface area contributed by atoms with Gasteiger partial charge in [-0.1, -0.05) is 5.16 Å². The van der Waals surface area contributed by atoms with Gasteiger partial charge in [0, 0.05) is 11.3 Å². The van der Waals surface area contributed by atoms with Gasteiger partial charge in [-0.15, -0.1) is 0 Å². The van der Waals surface area contributed by atoms with Gasteiger partial charge in [-0.2, -0.15) is 0 Å². The molecule has 0 aliphatic heterocycles. The Hall–Kier alpha value is -3.15. The van der Waals surface area contributed by atoms with Crippen LogP contribution in [0.3, 0.4) is 0 Å². The standard InChI is InChI=1S/C18H15FN2O3/c1-2-23-15-9-7-14(8-10-15)21-18(22)16-11-20-24-17(16)12-3-5-13(19)6-4-12/h3-11H,2H2,1H3,(H,21,22). The lowest BCUT2D eigenvalue weighted by molar-refractivity contribution is 0.102. The van der Waals surface area contributed by atoms with Crippen LogP contribution < -0.4 is 10.1 Å². The molecular formula is C18H15FN2O3. The van der Waals surface area contributed by atoms with Gasteiger partial charge >= 0.3 is 0 Å². The molecule has 1 aromatic heterocycles. The number of carbonyl (C=O) groups excluding carboxylic acids is 1. The van der Waals surface area contributed by atoms with Crippen LogP contribution in [0.1, 0.15) is 17.3 Å². The molecule has 3 rings (SSSR count). The highest BCUT2D eigenvalue weighted by atomic mass is 19.1. The highest BCUT2D eigenvalue weighted by Gasteiger charge is 2.18. The van der Waals surface area contributed by atoms with Gasteiger partial charge < -0.3 is 14.6 Å². The normalized spacial score (nSPS) is 10.4. The summed E-state index contributed by atoms with van der Waals surface area (Å²) in [5, 5.41) is 6.44. The van der Waals surface area contributed by atoms with Gasteiger partial charge in [0.05, 0.1) is 12.8 Å². The Labute approximate surface area is 138 Å². The number of amides is 1. The molecule has 24 heavy (non-hydrogen) atoms. The number of hydrogen-bond acceptors (Lipinski definition) is 4. The summed E-state index contributed by atoms with van der Waals surface area (Å²) in [5.41, 5.74) is 1.47. The van der Waals surface area contributed by atoms with E-state index in [1.165, 1.54) is 30.5 Å². The Morgan fingerprint density at radius 3 is 2.54 bits per heavy atom. The van der Waals surface area contributed by atoms with E-state index in [4.69, 9.17) is 9.26 Å². The molecule has 6 heteroatoms. The molecule has 122 valence electrons. The zero-order chi connectivity index (χ0) is 16.9. The largest absolute Gasteiger partial charge is 0.494 e. The molecule has 2 aromatic carbocycles. The predicted octanol–water partition coefficient (Wildman–Crippen LogP) is 4.13. The highest BCUT2D eigenvalue weighted by Crippen LogP contribution is 2.25. The minimum Gasteiger partial charge on any atom is -0.494 e. The number of benzene rings is 2. The fourth-order valence-electron chi connectivity index (χ4n) is 2.21. The fourth-order valence-corrected chi connectivity index (χ4v) is 2.21. The molecule has 0 bridgehead atoms. The number of ether oxygens (including phenoxy) is 1. The zero-order valence-electron chi connectivity index (χ0n) is 13.0. The van der Waals surface area contributed by atoms with E-state index in [1.54, 1.807) is 24.3 Å². The number of nitrogens with zero attached hydrogens (tertiary/aromatic N) is 1. The second-order valence-corrected chi connectivity index (χ2v) is 4.99. The van der Waals surface area contributed by atoms with E-state index in [9.17, 15) is 9.18 Å². The maximum absolute atomic E-state index is 13.0. The van der Waals surface area contributed by atoms with Crippen molar-refractivity contribution in [3.05, 3.63) is 66.1 Å². The zero-order valence-corrected chi connectivity index (χ0v) is 13.0. The first-order valence-electron chi connectivity index (χ1n) is 7.42. The first-order valence-corrected chi connectivity index (χ1v) is 7.42. The summed E-state index contributed by atoms with van der Waals surface area (Å²) in [5.74, 6) is 0.296. The highest BCUT2D eigenvalue weighted by molar-refractivity contribution is 6.07. The van der Waals surface area contributed by atoms with Crippen LogP contribution in [0.5, 0.6) is 5.75 Å². The molecule has 0 saturated carbocycles. The van der Waals surface area contributed by atoms with Crippen LogP contribution in [-0.2, 0) is 0 Å². The van der Waals surface area contributed by atoms with Crippen molar-refractivity contribution in [3.63, 3.8) is 0 Å². The van der Waals surface area contributed by atoms with Gasteiger partial charge in [-0.25, -0.2) is 4.39 Å². The summed E-state index contributed by atoms with van der Waals surface area (Å²) in [6.07, 6.45) is 1.34. The lowest BCUT2D eigenvalue weighted by Gasteiger charge is -2.07. The molecule has 0 fully saturated rings. The van der Waals surface area contributed by atoms with Gasteiger partial charge in [-0.3, -0.25) is 4.79 Å². The number of rotatable bonds is 5. The minimum absolute atomic E-state index is 0.274. The Balaban J connectivity index is 1.78. The van der Waals surface area contributed by atoms with Gasteiger partial charge in [0.25, 0.3) is 5.91 Å². The predicted molar refractivity (Wildman–Crippen MR) is 87.5 cm³/mol. The monoisotopic (exact) mass is 326 g/mol. The van der Waals surface area contributed by atoms with Crippen molar-refractivity contribution in [2.45, 2.75) is 6.92 Å². The van der Waals surface area contributed by atoms with Crippen molar-refractivity contribution in [3.8, 4) is 17.1 Å². The van der Waals surface area contributed by atoms with Crippen molar-refractivity contribution in [2.24, 2.45) is 0 Å². The lowest BCUT2D eigenvalue weighted by Crippen LogP contribution is -2.12. The van der Waals surface area contributed by atoms with Crippen molar-refractivity contribution in [2.75, 3.05) is 11.9 Å². The van der Waals surface area contributed by atoms with E-state index in [1.807, 2.05) is 6.92 Å². The fraction of sp³-hybridized carbons (Fsp3) is 0.111. The van der Waals surface area contributed by atoms with Crippen LogP contribution in [0.4, 0.5) is 10.1 Å². The molecule has 0 radical (unpaired) electrons. The molecule has 0 saturated heterocycles. The molecule has 5 nitrogen and oxygen atoms in total. The molecule has 0 spiro atoms. The molecule has 0 aliphatic carbocycles. The molecular weight excluding hydrogens is 311 g/mol. The van der Waals surface area contributed by atoms with E-state index >= 15 is 0 Å². The molecule has 0 unspecified atom stereocenters. The van der Waals surface area contributed by atoms with Gasteiger partial charge in [0.1, 0.15) is 17.1 Å². The van der Waals surface area contributed by atoms with Crippen molar-refractivity contribution in [1.82, 2.24) is 5.16 Å². The van der Waals surface area contributed by atoms with Crippen LogP contribution in [-0.4, -0.2) is 17.7 Å². The lowest BCUT2D eigenvalue weighted by atomic mass is 10.1. The first-order chi connectivity index (χ1) is 11.7. The van der Waals surface area contributed by atoms with Crippen LogP contribution in [0.25, 0.3) is 11.3 Å². The molecule has 3 aromatic rings. The van der Waals surface area contributed by atoms with E-state index in [0.29, 0.717) is 23.6 Å². The third-order valence-electron chi connectivity index (χ3n) is 3.34. The average Bonchev–Trinajstić information content (AvgIpc) is 3.07. The number of hydrogen-bond donors (Lipinski definition) is 1. The maximum atomic E-state index is 13.0. The van der Waals surface area contributed by atoms with Gasteiger partial charge in [0.2, 0.25) is 0 Å². The van der Waals surface area contributed by atoms with Crippen LogP contribution in [0, 0.1) is 5.82 Å². The SMILES string of the molecule is CCOc1ccc(NC(=O)c2cnoc2-c2ccc(F)cc2)cc1. The number of aromatic nitrogens is 1. The topological polar surface area (TPSA) is 64.4 Å². The van der Waals surface area contributed by atoms with Crippen molar-refractivity contribution >= 4 is 11.6 Å². The third kappa shape index (κ3) is 3.43. The molecule has 0 atom stereocenters. The third-order valence-corrected chi connectivity index (χ3v) is 3.34. The minimum atomic E-state index is -0.362. The van der Waals surface area contributed by atoms with Crippen LogP contribution in [0.15, 0.2) is 59.3 Å². The van der Waals surface area contributed by atoms with E-state index in [-0.39, 0.29) is 17.3 Å². The number of halogens is 1. The number of carbonyl (C=O) groups is 1. The Morgan fingerprint density at radius 1 is 1.17 bits per heavy atom. The molecule has 0 aliphatic rings. The Kier molecular flexibility index (Phi) is 4.56. The quantitative estimate of drug-likeness (QED) is 0.765. The van der Waals surface area contributed by atoms with Gasteiger partial charge in [0.15, 0.2) is 5.76 Å². The second-order valence-electron chi connectivity index (χ2n) is 4.99. The van der Waals surface area contributed by atoms with Crippen molar-refractivity contribution < 1.29 is 18.4 Å². The molecule has 1 amide bonds. The summed E-state index contributed by atoms with van der Waals surface area (Å²) in [6.45, 7) is 2.48. The summed E-state index contributed by atoms with van der Waals surface area (Å²) < 4.78 is 23.5. The first kappa shape index (κ1) is 15.7. The van der Waals surface area contributed by atoms with E-state index in [2.05, 4.69) is 10.5 Å². The van der Waals surface area contributed by atoms with Crippen molar-refractivity contribution in [1.29, 1.82) is 0 Å². The smallest absolute Gasteiger partial charge is 0.261 e. The molecule has 1 heterocycles. The average molecular weight is 326 g/mol. The molecule has 1 N–H and O–H groups in total. The van der Waals surface area contributed by atoms with E-state index in [0.717, 1.165) is 5.75 Å². The van der Waals surface area contributed by atoms with Crippen LogP contribution in [0.2, 0.25) is 0 Å². The number of nitrogens with one attached hydrogen (secondary N) is 1. The van der Waals surface area contributed by atoms with Gasteiger partial charge in [-0.05, 0) is 55.5 Å². The maximum Gasteiger partial charge on any atom is 0.261 e. The second kappa shape index (κ2) is 6.95.